The number of benzene rings is 1. The van der Waals surface area contributed by atoms with Gasteiger partial charge in [-0.2, -0.15) is 4.99 Å². The molecule has 24 heavy (non-hydrogen) atoms. The first kappa shape index (κ1) is 17.6. The number of alkyl carbamates (subject to hydrolysis) is 1. The van der Waals surface area contributed by atoms with Gasteiger partial charge in [-0.25, -0.2) is 4.79 Å². The van der Waals surface area contributed by atoms with Gasteiger partial charge in [-0.1, -0.05) is 43.2 Å². The van der Waals surface area contributed by atoms with Crippen LogP contribution in [-0.2, 0) is 11.3 Å². The van der Waals surface area contributed by atoms with Gasteiger partial charge in [-0.15, -0.1) is 0 Å². The van der Waals surface area contributed by atoms with E-state index >= 15 is 0 Å². The molecule has 1 fully saturated rings. The Kier molecular flexibility index (Phi) is 5.62. The van der Waals surface area contributed by atoms with Crippen LogP contribution in [0, 0.1) is 5.92 Å². The molecule has 0 spiro atoms. The topological polar surface area (TPSA) is 135 Å². The predicted molar refractivity (Wildman–Crippen MR) is 90.5 cm³/mol. The van der Waals surface area contributed by atoms with Crippen LogP contribution in [0.2, 0.25) is 0 Å². The summed E-state index contributed by atoms with van der Waals surface area (Å²) in [6, 6.07) is 9.36. The third-order valence-corrected chi connectivity index (χ3v) is 3.89. The molecule has 1 amide bonds. The number of nitrogens with one attached hydrogen (secondary N) is 1. The summed E-state index contributed by atoms with van der Waals surface area (Å²) in [4.78, 5) is 16.0. The van der Waals surface area contributed by atoms with Crippen molar-refractivity contribution in [3.05, 3.63) is 35.9 Å². The standard InChI is InChI=1S/C16H23N5O3/c1-16(9-11-7-8-11,13(17)19-14(18)21-23)20-15(22)24-10-12-5-3-2-4-6-12/h2-6,11,23H,7-10H2,1H3,(H,20,22)(H4,17,18,19,21). The smallest absolute Gasteiger partial charge is 0.408 e. The zero-order valence-corrected chi connectivity index (χ0v) is 13.6. The number of amides is 1. The number of oxime groups is 1. The van der Waals surface area contributed by atoms with E-state index in [0.29, 0.717) is 12.3 Å². The van der Waals surface area contributed by atoms with E-state index in [1.165, 1.54) is 0 Å². The van der Waals surface area contributed by atoms with E-state index in [1.807, 2.05) is 30.3 Å². The van der Waals surface area contributed by atoms with Gasteiger partial charge in [0.05, 0.1) is 5.54 Å². The van der Waals surface area contributed by atoms with Crippen molar-refractivity contribution in [2.24, 2.45) is 27.5 Å². The summed E-state index contributed by atoms with van der Waals surface area (Å²) in [7, 11) is 0. The van der Waals surface area contributed by atoms with Gasteiger partial charge in [0.25, 0.3) is 5.96 Å². The van der Waals surface area contributed by atoms with Gasteiger partial charge in [0.2, 0.25) is 0 Å². The fourth-order valence-corrected chi connectivity index (χ4v) is 2.37. The Morgan fingerprint density at radius 3 is 2.62 bits per heavy atom. The average molecular weight is 333 g/mol. The molecule has 2 rings (SSSR count). The summed E-state index contributed by atoms with van der Waals surface area (Å²) in [5.41, 5.74) is 11.3. The highest BCUT2D eigenvalue weighted by atomic mass is 16.5. The molecule has 6 N–H and O–H groups in total. The molecule has 8 heteroatoms. The van der Waals surface area contributed by atoms with Crippen molar-refractivity contribution in [1.29, 1.82) is 0 Å². The maximum absolute atomic E-state index is 12.1. The molecule has 0 aromatic heterocycles. The Labute approximate surface area is 140 Å². The van der Waals surface area contributed by atoms with Crippen molar-refractivity contribution in [3.63, 3.8) is 0 Å². The van der Waals surface area contributed by atoms with Crippen molar-refractivity contribution in [2.75, 3.05) is 0 Å². The Morgan fingerprint density at radius 1 is 1.38 bits per heavy atom. The summed E-state index contributed by atoms with van der Waals surface area (Å²) < 4.78 is 5.24. The van der Waals surface area contributed by atoms with Crippen molar-refractivity contribution < 1.29 is 14.7 Å². The molecule has 1 aliphatic carbocycles. The molecule has 1 atom stereocenters. The van der Waals surface area contributed by atoms with Gasteiger partial charge in [0.1, 0.15) is 12.4 Å². The highest BCUT2D eigenvalue weighted by molar-refractivity contribution is 6.00. The average Bonchev–Trinajstić information content (AvgIpc) is 3.37. The third-order valence-electron chi connectivity index (χ3n) is 3.89. The summed E-state index contributed by atoms with van der Waals surface area (Å²) >= 11 is 0. The fourth-order valence-electron chi connectivity index (χ4n) is 2.37. The largest absolute Gasteiger partial charge is 0.445 e. The van der Waals surface area contributed by atoms with Crippen LogP contribution >= 0.6 is 0 Å². The number of amidine groups is 1. The molecule has 130 valence electrons. The Morgan fingerprint density at radius 2 is 2.04 bits per heavy atom. The minimum Gasteiger partial charge on any atom is -0.445 e. The molecule has 1 aromatic rings. The molecule has 0 aliphatic heterocycles. The van der Waals surface area contributed by atoms with Gasteiger partial charge in [-0.05, 0) is 30.0 Å². The molecule has 1 aliphatic rings. The summed E-state index contributed by atoms with van der Waals surface area (Å²) in [6.07, 6.45) is 2.17. The summed E-state index contributed by atoms with van der Waals surface area (Å²) in [5.74, 6) is 0.167. The summed E-state index contributed by atoms with van der Waals surface area (Å²) in [6.45, 7) is 1.90. The van der Waals surface area contributed by atoms with Gasteiger partial charge < -0.3 is 26.7 Å². The van der Waals surface area contributed by atoms with Crippen LogP contribution < -0.4 is 16.8 Å². The number of carbonyl (C=O) groups excluding carboxylic acids is 1. The molecule has 8 nitrogen and oxygen atoms in total. The first-order valence-electron chi connectivity index (χ1n) is 7.74. The molecule has 1 saturated carbocycles. The number of rotatable bonds is 6. The summed E-state index contributed by atoms with van der Waals surface area (Å²) in [5, 5.41) is 14.2. The normalized spacial score (nSPS) is 17.9. The fraction of sp³-hybridized carbons (Fsp3) is 0.438. The maximum atomic E-state index is 12.1. The first-order chi connectivity index (χ1) is 11.4. The van der Waals surface area contributed by atoms with Crippen molar-refractivity contribution >= 4 is 17.9 Å². The highest BCUT2D eigenvalue weighted by Crippen LogP contribution is 2.36. The number of guanidine groups is 1. The maximum Gasteiger partial charge on any atom is 0.408 e. The van der Waals surface area contributed by atoms with Gasteiger partial charge in [0, 0.05) is 0 Å². The van der Waals surface area contributed by atoms with E-state index in [1.54, 1.807) is 6.92 Å². The predicted octanol–water partition coefficient (Wildman–Crippen LogP) is 1.53. The second-order valence-electron chi connectivity index (χ2n) is 6.12. The van der Waals surface area contributed by atoms with E-state index in [0.717, 1.165) is 18.4 Å². The van der Waals surface area contributed by atoms with Crippen LogP contribution in [0.5, 0.6) is 0 Å². The number of aliphatic imine (C=N–C) groups is 1. The first-order valence-corrected chi connectivity index (χ1v) is 7.74. The SMILES string of the molecule is CC(CC1CC1)(NC(=O)OCc1ccccc1)/C(N)=N/C(N)=N/O. The van der Waals surface area contributed by atoms with E-state index in [2.05, 4.69) is 15.5 Å². The molecule has 0 heterocycles. The molecular weight excluding hydrogens is 310 g/mol. The lowest BCUT2D eigenvalue weighted by Gasteiger charge is -2.29. The Bertz CT molecular complexity index is 628. The minimum absolute atomic E-state index is 0.0707. The van der Waals surface area contributed by atoms with Gasteiger partial charge >= 0.3 is 6.09 Å². The van der Waals surface area contributed by atoms with Crippen LogP contribution in [0.4, 0.5) is 4.79 Å². The van der Waals surface area contributed by atoms with Crippen molar-refractivity contribution in [3.8, 4) is 0 Å². The van der Waals surface area contributed by atoms with Crippen LogP contribution in [0.1, 0.15) is 31.7 Å². The molecule has 1 aromatic carbocycles. The van der Waals surface area contributed by atoms with Crippen LogP contribution in [-0.4, -0.2) is 28.6 Å². The number of carbonyl (C=O) groups is 1. The number of hydrogen-bond acceptors (Lipinski definition) is 4. The molecule has 1 unspecified atom stereocenters. The monoisotopic (exact) mass is 333 g/mol. The number of nitrogens with zero attached hydrogens (tertiary/aromatic N) is 2. The third kappa shape index (κ3) is 5.15. The van der Waals surface area contributed by atoms with E-state index in [9.17, 15) is 4.79 Å². The number of hydrogen-bond donors (Lipinski definition) is 4. The molecular formula is C16H23N5O3. The highest BCUT2D eigenvalue weighted by Gasteiger charge is 2.38. The lowest BCUT2D eigenvalue weighted by Crippen LogP contribution is -2.56. The van der Waals surface area contributed by atoms with E-state index in [-0.39, 0.29) is 18.4 Å². The zero-order chi connectivity index (χ0) is 17.6. The number of ether oxygens (including phenoxy) is 1. The Hall–Kier alpha value is -2.77. The second-order valence-corrected chi connectivity index (χ2v) is 6.12. The molecule has 0 saturated heterocycles. The number of nitrogens with two attached hydrogens (primary N) is 2. The van der Waals surface area contributed by atoms with Gasteiger partial charge in [0.15, 0.2) is 0 Å². The van der Waals surface area contributed by atoms with E-state index < -0.39 is 11.6 Å². The Balaban J connectivity index is 2.01. The lowest BCUT2D eigenvalue weighted by atomic mass is 9.93. The van der Waals surface area contributed by atoms with Crippen molar-refractivity contribution in [2.45, 2.75) is 38.3 Å². The lowest BCUT2D eigenvalue weighted by molar-refractivity contribution is 0.132. The quantitative estimate of drug-likeness (QED) is 0.271. The van der Waals surface area contributed by atoms with Gasteiger partial charge in [-0.3, -0.25) is 0 Å². The minimum atomic E-state index is -0.926. The van der Waals surface area contributed by atoms with Crippen LogP contribution in [0.25, 0.3) is 0 Å². The molecule has 0 bridgehead atoms. The second kappa shape index (κ2) is 7.67. The van der Waals surface area contributed by atoms with Crippen molar-refractivity contribution in [1.82, 2.24) is 5.32 Å². The van der Waals surface area contributed by atoms with Crippen LogP contribution in [0.3, 0.4) is 0 Å². The zero-order valence-electron chi connectivity index (χ0n) is 13.6. The van der Waals surface area contributed by atoms with Crippen LogP contribution in [0.15, 0.2) is 40.5 Å². The molecule has 0 radical (unpaired) electrons. The van der Waals surface area contributed by atoms with E-state index in [4.69, 9.17) is 21.4 Å².